The van der Waals surface area contributed by atoms with Crippen molar-refractivity contribution in [1.82, 2.24) is 4.98 Å². The minimum atomic E-state index is -0.855. The molecule has 2 saturated carbocycles. The first-order valence-electron chi connectivity index (χ1n) is 13.5. The van der Waals surface area contributed by atoms with Crippen molar-refractivity contribution in [2.75, 3.05) is 0 Å². The van der Waals surface area contributed by atoms with Crippen molar-refractivity contribution < 1.29 is 23.4 Å². The van der Waals surface area contributed by atoms with E-state index in [-0.39, 0.29) is 29.5 Å². The zero-order chi connectivity index (χ0) is 26.8. The van der Waals surface area contributed by atoms with Crippen LogP contribution in [0.15, 0.2) is 42.6 Å². The molecule has 1 aromatic heterocycles. The number of halogens is 2. The molecule has 0 saturated heterocycles. The van der Waals surface area contributed by atoms with Gasteiger partial charge in [0.15, 0.2) is 11.6 Å². The van der Waals surface area contributed by atoms with Crippen LogP contribution in [0.25, 0.3) is 11.1 Å². The fourth-order valence-corrected chi connectivity index (χ4v) is 7.17. The van der Waals surface area contributed by atoms with Crippen LogP contribution in [0.1, 0.15) is 79.8 Å². The van der Waals surface area contributed by atoms with E-state index in [1.54, 1.807) is 12.1 Å². The molecule has 1 N–H and O–H groups in total. The maximum atomic E-state index is 15.7. The van der Waals surface area contributed by atoms with Gasteiger partial charge in [0.05, 0.1) is 12.1 Å². The summed E-state index contributed by atoms with van der Waals surface area (Å²) in [5, 5.41) is 9.53. The number of hydrogen-bond donors (Lipinski definition) is 1. The molecule has 6 rings (SSSR count). The number of aliphatic carboxylic acids is 1. The number of carboxylic acids is 1. The molecule has 0 bridgehead atoms. The van der Waals surface area contributed by atoms with Crippen LogP contribution in [0.2, 0.25) is 0 Å². The maximum absolute atomic E-state index is 15.7. The van der Waals surface area contributed by atoms with E-state index >= 15 is 4.39 Å². The second-order valence-electron chi connectivity index (χ2n) is 12.1. The Balaban J connectivity index is 1.32. The summed E-state index contributed by atoms with van der Waals surface area (Å²) < 4.78 is 36.6. The summed E-state index contributed by atoms with van der Waals surface area (Å²) in [6.07, 6.45) is 6.40. The number of nitrogens with zero attached hydrogens (tertiary/aromatic N) is 1. The second-order valence-corrected chi connectivity index (χ2v) is 12.1. The molecule has 0 unspecified atom stereocenters. The van der Waals surface area contributed by atoms with Crippen LogP contribution >= 0.6 is 0 Å². The normalized spacial score (nSPS) is 25.0. The average Bonchev–Trinajstić information content (AvgIpc) is 3.33. The highest BCUT2D eigenvalue weighted by atomic mass is 19.1. The Bertz CT molecular complexity index is 1450. The molecule has 198 valence electrons. The molecule has 3 atom stereocenters. The van der Waals surface area contributed by atoms with Crippen molar-refractivity contribution in [3.63, 3.8) is 0 Å². The minimum absolute atomic E-state index is 0.0815. The predicted molar refractivity (Wildman–Crippen MR) is 141 cm³/mol. The molecular weight excluding hydrogens is 484 g/mol. The topological polar surface area (TPSA) is 59.4 Å². The van der Waals surface area contributed by atoms with E-state index < -0.39 is 23.1 Å². The average molecular weight is 518 g/mol. The molecule has 6 heteroatoms. The molecule has 0 aliphatic heterocycles. The highest BCUT2D eigenvalue weighted by Crippen LogP contribution is 2.62. The van der Waals surface area contributed by atoms with Gasteiger partial charge in [0.1, 0.15) is 12.4 Å². The van der Waals surface area contributed by atoms with Gasteiger partial charge in [0, 0.05) is 22.2 Å². The SMILES string of the molecule is Cc1cc(-c2ccc(COc3ccc4c(c3F)[C@@]3(CC4)C[C@@H]3C(=O)O)cc2[C@@H]2CCCC2(C)C)c(F)cn1. The highest BCUT2D eigenvalue weighted by molar-refractivity contribution is 5.78. The lowest BCUT2D eigenvalue weighted by atomic mass is 9.75. The monoisotopic (exact) mass is 517 g/mol. The number of pyridine rings is 1. The lowest BCUT2D eigenvalue weighted by molar-refractivity contribution is -0.139. The third kappa shape index (κ3) is 4.00. The van der Waals surface area contributed by atoms with Gasteiger partial charge in [-0.05, 0) is 84.7 Å². The quantitative estimate of drug-likeness (QED) is 0.368. The van der Waals surface area contributed by atoms with Gasteiger partial charge in [-0.3, -0.25) is 9.78 Å². The molecular formula is C32H33F2NO3. The van der Waals surface area contributed by atoms with E-state index in [0.29, 0.717) is 30.4 Å². The number of aromatic nitrogens is 1. The molecule has 38 heavy (non-hydrogen) atoms. The van der Waals surface area contributed by atoms with E-state index in [1.165, 1.54) is 6.20 Å². The zero-order valence-corrected chi connectivity index (χ0v) is 22.1. The predicted octanol–water partition coefficient (Wildman–Crippen LogP) is 7.50. The standard InChI is InChI=1S/C32H33F2NO3/c1-18-13-23(26(33)16-35-18)21-8-6-19(14-22(21)24-5-4-11-31(24,2)3)17-38-27-9-7-20-10-12-32(28(20)29(27)34)15-25(32)30(36)37/h6-9,13-14,16,24-25H,4-5,10-12,15,17H2,1-3H3,(H,36,37)/t24-,25+,32-/m0/s1. The Morgan fingerprint density at radius 1 is 1.13 bits per heavy atom. The molecule has 0 amide bonds. The van der Waals surface area contributed by atoms with Crippen molar-refractivity contribution in [3.05, 3.63) is 82.2 Å². The first-order chi connectivity index (χ1) is 18.1. The number of carbonyl (C=O) groups is 1. The Morgan fingerprint density at radius 3 is 2.66 bits per heavy atom. The summed E-state index contributed by atoms with van der Waals surface area (Å²) in [7, 11) is 0. The van der Waals surface area contributed by atoms with Gasteiger partial charge in [-0.15, -0.1) is 0 Å². The molecule has 4 nitrogen and oxygen atoms in total. The molecule has 3 aliphatic rings. The van der Waals surface area contributed by atoms with Crippen LogP contribution in [-0.2, 0) is 23.2 Å². The molecule has 3 aromatic rings. The smallest absolute Gasteiger partial charge is 0.307 e. The van der Waals surface area contributed by atoms with Gasteiger partial charge in [-0.1, -0.05) is 44.5 Å². The van der Waals surface area contributed by atoms with Crippen molar-refractivity contribution in [2.45, 2.75) is 77.2 Å². The first kappa shape index (κ1) is 25.0. The number of benzene rings is 2. The van der Waals surface area contributed by atoms with Gasteiger partial charge in [-0.2, -0.15) is 0 Å². The number of fused-ring (bicyclic) bond motifs is 2. The van der Waals surface area contributed by atoms with Gasteiger partial charge in [-0.25, -0.2) is 8.78 Å². The van der Waals surface area contributed by atoms with Crippen LogP contribution < -0.4 is 4.74 Å². The van der Waals surface area contributed by atoms with Crippen LogP contribution in [-0.4, -0.2) is 16.1 Å². The molecule has 1 heterocycles. The van der Waals surface area contributed by atoms with Crippen LogP contribution in [0, 0.1) is 29.9 Å². The third-order valence-corrected chi connectivity index (χ3v) is 9.33. The summed E-state index contributed by atoms with van der Waals surface area (Å²) in [5.74, 6) is -1.71. The summed E-state index contributed by atoms with van der Waals surface area (Å²) in [4.78, 5) is 15.7. The number of rotatable bonds is 6. The second kappa shape index (κ2) is 8.89. The maximum Gasteiger partial charge on any atom is 0.307 e. The van der Waals surface area contributed by atoms with Crippen LogP contribution in [0.5, 0.6) is 5.75 Å². The summed E-state index contributed by atoms with van der Waals surface area (Å²) >= 11 is 0. The van der Waals surface area contributed by atoms with E-state index in [0.717, 1.165) is 47.2 Å². The van der Waals surface area contributed by atoms with Gasteiger partial charge < -0.3 is 9.84 Å². The molecule has 2 fully saturated rings. The van der Waals surface area contributed by atoms with Gasteiger partial charge in [0.2, 0.25) is 0 Å². The number of ether oxygens (including phenoxy) is 1. The van der Waals surface area contributed by atoms with E-state index in [2.05, 4.69) is 24.9 Å². The third-order valence-electron chi connectivity index (χ3n) is 9.33. The Labute approximate surface area is 222 Å². The first-order valence-corrected chi connectivity index (χ1v) is 13.5. The van der Waals surface area contributed by atoms with Gasteiger partial charge >= 0.3 is 5.97 Å². The van der Waals surface area contributed by atoms with Crippen molar-refractivity contribution >= 4 is 5.97 Å². The Kier molecular flexibility index (Phi) is 5.85. The summed E-state index contributed by atoms with van der Waals surface area (Å²) in [6.45, 7) is 6.57. The van der Waals surface area contributed by atoms with Gasteiger partial charge in [0.25, 0.3) is 0 Å². The molecule has 2 aromatic carbocycles. The zero-order valence-electron chi connectivity index (χ0n) is 22.1. The molecule has 1 spiro atoms. The van der Waals surface area contributed by atoms with E-state index in [9.17, 15) is 14.3 Å². The van der Waals surface area contributed by atoms with Crippen LogP contribution in [0.3, 0.4) is 0 Å². The summed E-state index contributed by atoms with van der Waals surface area (Å²) in [5.41, 5.74) is 5.09. The van der Waals surface area contributed by atoms with Crippen molar-refractivity contribution in [1.29, 1.82) is 0 Å². The summed E-state index contributed by atoms with van der Waals surface area (Å²) in [6, 6.07) is 11.3. The van der Waals surface area contributed by atoms with Crippen molar-refractivity contribution in [2.24, 2.45) is 11.3 Å². The molecule has 3 aliphatic carbocycles. The number of carboxylic acid groups (broad SMARTS) is 1. The largest absolute Gasteiger partial charge is 0.486 e. The van der Waals surface area contributed by atoms with E-state index in [4.69, 9.17) is 4.74 Å². The van der Waals surface area contributed by atoms with Crippen LogP contribution in [0.4, 0.5) is 8.78 Å². The Morgan fingerprint density at radius 2 is 1.95 bits per heavy atom. The Hall–Kier alpha value is -3.28. The number of aryl methyl sites for hydroxylation is 2. The number of hydrogen-bond acceptors (Lipinski definition) is 3. The van der Waals surface area contributed by atoms with E-state index in [1.807, 2.05) is 25.1 Å². The highest BCUT2D eigenvalue weighted by Gasteiger charge is 2.63. The minimum Gasteiger partial charge on any atom is -0.486 e. The lowest BCUT2D eigenvalue weighted by Crippen LogP contribution is -2.17. The molecule has 0 radical (unpaired) electrons. The van der Waals surface area contributed by atoms with Crippen molar-refractivity contribution in [3.8, 4) is 16.9 Å². The lowest BCUT2D eigenvalue weighted by Gasteiger charge is -2.30. The fraction of sp³-hybridized carbons (Fsp3) is 0.438. The fourth-order valence-electron chi connectivity index (χ4n) is 7.17.